The number of nitrogens with two attached hydrogens (primary N) is 1. The van der Waals surface area contributed by atoms with E-state index in [2.05, 4.69) is 16.0 Å². The summed E-state index contributed by atoms with van der Waals surface area (Å²) < 4.78 is 0. The molecule has 0 bridgehead atoms. The Balaban J connectivity index is 1.82. The molecule has 3 aliphatic rings. The average Bonchev–Trinajstić information content (AvgIpc) is 3.58. The number of urea groups is 1. The van der Waals surface area contributed by atoms with Crippen LogP contribution in [0.3, 0.4) is 0 Å². The predicted molar refractivity (Wildman–Crippen MR) is 150 cm³/mol. The van der Waals surface area contributed by atoms with E-state index in [1.54, 1.807) is 20.8 Å². The minimum atomic E-state index is -1.39. The zero-order chi connectivity index (χ0) is 30.7. The minimum Gasteiger partial charge on any atom is -0.480 e. The lowest BCUT2D eigenvalue weighted by Crippen LogP contribution is -2.63. The summed E-state index contributed by atoms with van der Waals surface area (Å²) >= 11 is 0. The van der Waals surface area contributed by atoms with Crippen LogP contribution in [0.25, 0.3) is 0 Å². The Morgan fingerprint density at radius 3 is 2.10 bits per heavy atom. The van der Waals surface area contributed by atoms with Crippen LogP contribution in [0.15, 0.2) is 0 Å². The van der Waals surface area contributed by atoms with Crippen molar-refractivity contribution in [3.05, 3.63) is 0 Å². The number of nitrogens with zero attached hydrogens (tertiary/aromatic N) is 1. The number of hydrogen-bond acceptors (Lipinski definition) is 6. The van der Waals surface area contributed by atoms with Crippen molar-refractivity contribution in [1.29, 1.82) is 0 Å². The molecule has 1 unspecified atom stereocenters. The Labute approximate surface area is 241 Å². The van der Waals surface area contributed by atoms with Gasteiger partial charge >= 0.3 is 12.0 Å². The van der Waals surface area contributed by atoms with Crippen LogP contribution in [0.4, 0.5) is 4.79 Å². The first-order valence-corrected chi connectivity index (χ1v) is 14.8. The molecule has 12 nitrogen and oxygen atoms in total. The maximum atomic E-state index is 14.1. The number of nitrogens with one attached hydrogen (secondary N) is 3. The number of amides is 5. The Bertz CT molecular complexity index is 1040. The SMILES string of the molecule is CC(C)[C@@H]1C[C@@H](C(=O)NC(CC2CC2)C(=O)C(N)=O)N(C(=O)[C@@H](NC(=O)NC2(C(=O)O)CCCCC2)C(C)(C)C)C1. The monoisotopic (exact) mass is 577 g/mol. The number of carbonyl (C=O) groups is 6. The van der Waals surface area contributed by atoms with Gasteiger partial charge in [0.15, 0.2) is 0 Å². The normalized spacial score (nSPS) is 23.8. The molecule has 0 aromatic heterocycles. The second kappa shape index (κ2) is 12.8. The lowest BCUT2D eigenvalue weighted by Gasteiger charge is -2.38. The third kappa shape index (κ3) is 7.97. The molecule has 5 amide bonds. The standard InChI is InChI=1S/C29H47N5O7/c1-16(2)18-14-20(24(37)31-19(13-17-9-10-17)21(35)23(30)36)34(15-18)25(38)22(28(3,4)5)32-27(41)33-29(26(39)40)11-7-6-8-12-29/h16-20,22H,6-15H2,1-5H3,(H2,30,36)(H,31,37)(H,39,40)(H2,32,33,41)/t18-,19?,20+,22-/m1/s1. The second-order valence-electron chi connectivity index (χ2n) is 13.6. The second-order valence-corrected chi connectivity index (χ2v) is 13.6. The van der Waals surface area contributed by atoms with Gasteiger partial charge in [0.25, 0.3) is 5.91 Å². The lowest BCUT2D eigenvalue weighted by atomic mass is 9.81. The van der Waals surface area contributed by atoms with Crippen molar-refractivity contribution in [2.45, 2.75) is 116 Å². The molecule has 0 aromatic rings. The molecule has 4 atom stereocenters. The van der Waals surface area contributed by atoms with Crippen LogP contribution >= 0.6 is 0 Å². The Morgan fingerprint density at radius 2 is 1.61 bits per heavy atom. The lowest BCUT2D eigenvalue weighted by molar-refractivity contribution is -0.146. The minimum absolute atomic E-state index is 0.00427. The van der Waals surface area contributed by atoms with Gasteiger partial charge in [0.1, 0.15) is 17.6 Å². The first kappa shape index (κ1) is 32.3. The third-order valence-corrected chi connectivity index (χ3v) is 8.86. The number of ketones is 1. The molecule has 41 heavy (non-hydrogen) atoms. The summed E-state index contributed by atoms with van der Waals surface area (Å²) in [6, 6.07) is -3.77. The fourth-order valence-electron chi connectivity index (χ4n) is 5.95. The van der Waals surface area contributed by atoms with Crippen molar-refractivity contribution in [3.63, 3.8) is 0 Å². The molecule has 0 aromatic carbocycles. The van der Waals surface area contributed by atoms with Gasteiger partial charge in [-0.3, -0.25) is 19.2 Å². The van der Waals surface area contributed by atoms with Crippen LogP contribution in [0.5, 0.6) is 0 Å². The predicted octanol–water partition coefficient (Wildman–Crippen LogP) is 1.70. The van der Waals surface area contributed by atoms with E-state index in [1.807, 2.05) is 13.8 Å². The molecule has 3 fully saturated rings. The smallest absolute Gasteiger partial charge is 0.329 e. The van der Waals surface area contributed by atoms with Gasteiger partial charge < -0.3 is 31.7 Å². The quantitative estimate of drug-likeness (QED) is 0.231. The molecule has 1 heterocycles. The van der Waals surface area contributed by atoms with Gasteiger partial charge in [0, 0.05) is 6.54 Å². The van der Waals surface area contributed by atoms with E-state index in [0.29, 0.717) is 38.5 Å². The molecule has 1 saturated heterocycles. The Hall–Kier alpha value is -3.18. The number of likely N-dealkylation sites (tertiary alicyclic amines) is 1. The van der Waals surface area contributed by atoms with E-state index in [-0.39, 0.29) is 24.3 Å². The van der Waals surface area contributed by atoms with E-state index in [9.17, 15) is 33.9 Å². The topological polar surface area (TPSA) is 188 Å². The van der Waals surface area contributed by atoms with Gasteiger partial charge in [-0.1, -0.05) is 66.7 Å². The molecule has 6 N–H and O–H groups in total. The molecular formula is C29H47N5O7. The zero-order valence-corrected chi connectivity index (χ0v) is 25.0. The van der Waals surface area contributed by atoms with Crippen molar-refractivity contribution in [1.82, 2.24) is 20.9 Å². The molecular weight excluding hydrogens is 530 g/mol. The van der Waals surface area contributed by atoms with E-state index < -0.39 is 64.6 Å². The van der Waals surface area contributed by atoms with Gasteiger partial charge in [0.2, 0.25) is 17.6 Å². The average molecular weight is 578 g/mol. The zero-order valence-electron chi connectivity index (χ0n) is 25.0. The van der Waals surface area contributed by atoms with E-state index in [0.717, 1.165) is 19.3 Å². The molecule has 2 saturated carbocycles. The van der Waals surface area contributed by atoms with Crippen LogP contribution in [0.1, 0.15) is 92.4 Å². The summed E-state index contributed by atoms with van der Waals surface area (Å²) in [5.41, 5.74) is 3.08. The first-order chi connectivity index (χ1) is 19.1. The largest absolute Gasteiger partial charge is 0.480 e. The summed E-state index contributed by atoms with van der Waals surface area (Å²) in [6.07, 6.45) is 5.35. The number of rotatable bonds is 11. The van der Waals surface area contributed by atoms with Crippen molar-refractivity contribution in [2.24, 2.45) is 28.9 Å². The van der Waals surface area contributed by atoms with E-state index >= 15 is 0 Å². The number of carboxylic acids is 1. The first-order valence-electron chi connectivity index (χ1n) is 14.8. The summed E-state index contributed by atoms with van der Waals surface area (Å²) in [4.78, 5) is 78.5. The highest BCUT2D eigenvalue weighted by molar-refractivity contribution is 6.37. The molecule has 0 spiro atoms. The molecule has 0 radical (unpaired) electrons. The van der Waals surface area contributed by atoms with Crippen molar-refractivity contribution in [2.75, 3.05) is 6.54 Å². The fourth-order valence-corrected chi connectivity index (χ4v) is 5.95. The fraction of sp³-hybridized carbons (Fsp3) is 0.793. The maximum absolute atomic E-state index is 14.1. The summed E-state index contributed by atoms with van der Waals surface area (Å²) in [5.74, 6) is -3.69. The number of aliphatic carboxylic acids is 1. The van der Waals surface area contributed by atoms with Crippen LogP contribution in [-0.2, 0) is 24.0 Å². The Morgan fingerprint density at radius 1 is 1.00 bits per heavy atom. The highest BCUT2D eigenvalue weighted by atomic mass is 16.4. The number of carboxylic acid groups (broad SMARTS) is 1. The van der Waals surface area contributed by atoms with Gasteiger partial charge in [-0.25, -0.2) is 9.59 Å². The Kier molecular flexibility index (Phi) is 10.1. The van der Waals surface area contributed by atoms with Crippen LogP contribution in [0, 0.1) is 23.2 Å². The highest BCUT2D eigenvalue weighted by Crippen LogP contribution is 2.35. The summed E-state index contributed by atoms with van der Waals surface area (Å²) in [6.45, 7) is 9.63. The number of primary amides is 1. The molecule has 2 aliphatic carbocycles. The third-order valence-electron chi connectivity index (χ3n) is 8.86. The summed E-state index contributed by atoms with van der Waals surface area (Å²) in [7, 11) is 0. The number of Topliss-reactive ketones (excluding diaryl/α,β-unsaturated/α-hetero) is 1. The maximum Gasteiger partial charge on any atom is 0.329 e. The van der Waals surface area contributed by atoms with Gasteiger partial charge in [0.05, 0.1) is 6.04 Å². The number of carbonyl (C=O) groups excluding carboxylic acids is 5. The van der Waals surface area contributed by atoms with Gasteiger partial charge in [-0.15, -0.1) is 0 Å². The highest BCUT2D eigenvalue weighted by Gasteiger charge is 2.47. The summed E-state index contributed by atoms with van der Waals surface area (Å²) in [5, 5.41) is 17.9. The molecule has 12 heteroatoms. The van der Waals surface area contributed by atoms with Gasteiger partial charge in [-0.05, 0) is 48.9 Å². The van der Waals surface area contributed by atoms with Crippen LogP contribution in [0.2, 0.25) is 0 Å². The van der Waals surface area contributed by atoms with Crippen LogP contribution in [-0.4, -0.2) is 75.7 Å². The van der Waals surface area contributed by atoms with Crippen molar-refractivity contribution in [3.8, 4) is 0 Å². The van der Waals surface area contributed by atoms with Gasteiger partial charge in [-0.2, -0.15) is 0 Å². The molecule has 3 rings (SSSR count). The van der Waals surface area contributed by atoms with Crippen molar-refractivity contribution < 1.29 is 33.9 Å². The van der Waals surface area contributed by atoms with E-state index in [1.165, 1.54) is 4.90 Å². The van der Waals surface area contributed by atoms with Crippen LogP contribution < -0.4 is 21.7 Å². The molecule has 230 valence electrons. The van der Waals surface area contributed by atoms with Crippen molar-refractivity contribution >= 4 is 35.5 Å². The molecule has 1 aliphatic heterocycles. The van der Waals surface area contributed by atoms with E-state index in [4.69, 9.17) is 5.73 Å². The number of hydrogen-bond donors (Lipinski definition) is 5.